The van der Waals surface area contributed by atoms with E-state index in [0.717, 1.165) is 13.0 Å². The minimum absolute atomic E-state index is 0.195. The SMILES string of the molecule is CC(=O)CCCN1CC(O)C(O)C1. The van der Waals surface area contributed by atoms with Crippen molar-refractivity contribution in [2.24, 2.45) is 0 Å². The summed E-state index contributed by atoms with van der Waals surface area (Å²) >= 11 is 0. The molecular formula is C9H17NO3. The number of hydrogen-bond donors (Lipinski definition) is 2. The lowest BCUT2D eigenvalue weighted by atomic mass is 10.2. The Kier molecular flexibility index (Phi) is 3.84. The molecule has 1 fully saturated rings. The molecule has 4 heteroatoms. The van der Waals surface area contributed by atoms with Crippen LogP contribution in [0, 0.1) is 0 Å². The number of likely N-dealkylation sites (tertiary alicyclic amines) is 1. The zero-order chi connectivity index (χ0) is 9.84. The highest BCUT2D eigenvalue weighted by Crippen LogP contribution is 2.10. The lowest BCUT2D eigenvalue weighted by Crippen LogP contribution is -2.23. The van der Waals surface area contributed by atoms with Crippen molar-refractivity contribution in [2.45, 2.75) is 32.0 Å². The summed E-state index contributed by atoms with van der Waals surface area (Å²) in [4.78, 5) is 12.6. The van der Waals surface area contributed by atoms with Crippen molar-refractivity contribution in [2.75, 3.05) is 19.6 Å². The number of aliphatic hydroxyl groups is 2. The monoisotopic (exact) mass is 187 g/mol. The molecule has 2 unspecified atom stereocenters. The summed E-state index contributed by atoms with van der Waals surface area (Å²) in [6.07, 6.45) is 0.173. The average molecular weight is 187 g/mol. The van der Waals surface area contributed by atoms with Crippen molar-refractivity contribution in [1.29, 1.82) is 0 Å². The van der Waals surface area contributed by atoms with Gasteiger partial charge in [0.15, 0.2) is 0 Å². The fourth-order valence-corrected chi connectivity index (χ4v) is 1.58. The van der Waals surface area contributed by atoms with Gasteiger partial charge in [0.05, 0.1) is 12.2 Å². The van der Waals surface area contributed by atoms with Crippen LogP contribution in [0.15, 0.2) is 0 Å². The molecule has 0 aromatic rings. The van der Waals surface area contributed by atoms with Gasteiger partial charge in [-0.25, -0.2) is 0 Å². The molecule has 4 nitrogen and oxygen atoms in total. The molecule has 1 saturated heterocycles. The topological polar surface area (TPSA) is 60.8 Å². The molecule has 0 amide bonds. The first-order chi connectivity index (χ1) is 6.09. The van der Waals surface area contributed by atoms with Crippen LogP contribution >= 0.6 is 0 Å². The lowest BCUT2D eigenvalue weighted by Gasteiger charge is -2.13. The molecule has 0 aromatic carbocycles. The molecular weight excluding hydrogens is 170 g/mol. The molecule has 1 aliphatic rings. The summed E-state index contributed by atoms with van der Waals surface area (Å²) < 4.78 is 0. The van der Waals surface area contributed by atoms with Crippen LogP contribution in [-0.2, 0) is 4.79 Å². The number of rotatable bonds is 4. The van der Waals surface area contributed by atoms with E-state index in [1.165, 1.54) is 0 Å². The van der Waals surface area contributed by atoms with E-state index in [0.29, 0.717) is 19.5 Å². The molecule has 0 saturated carbocycles. The zero-order valence-corrected chi connectivity index (χ0v) is 7.94. The minimum Gasteiger partial charge on any atom is -0.389 e. The van der Waals surface area contributed by atoms with Gasteiger partial charge in [-0.2, -0.15) is 0 Å². The third kappa shape index (κ3) is 3.42. The summed E-state index contributed by atoms with van der Waals surface area (Å²) in [6, 6.07) is 0. The number of carbonyl (C=O) groups excluding carboxylic acids is 1. The van der Waals surface area contributed by atoms with Crippen LogP contribution in [-0.4, -0.2) is 52.7 Å². The van der Waals surface area contributed by atoms with E-state index in [1.807, 2.05) is 4.90 Å². The number of aliphatic hydroxyl groups excluding tert-OH is 2. The van der Waals surface area contributed by atoms with Crippen LogP contribution in [0.5, 0.6) is 0 Å². The second-order valence-corrected chi connectivity index (χ2v) is 3.70. The maximum absolute atomic E-state index is 10.6. The Balaban J connectivity index is 2.13. The fraction of sp³-hybridized carbons (Fsp3) is 0.889. The smallest absolute Gasteiger partial charge is 0.129 e. The molecule has 2 atom stereocenters. The Morgan fingerprint density at radius 2 is 1.92 bits per heavy atom. The molecule has 0 spiro atoms. The molecule has 13 heavy (non-hydrogen) atoms. The maximum Gasteiger partial charge on any atom is 0.129 e. The third-order valence-corrected chi connectivity index (χ3v) is 2.34. The summed E-state index contributed by atoms with van der Waals surface area (Å²) in [5, 5.41) is 18.4. The Labute approximate surface area is 78.2 Å². The molecule has 1 heterocycles. The fourth-order valence-electron chi connectivity index (χ4n) is 1.58. The van der Waals surface area contributed by atoms with Gasteiger partial charge < -0.3 is 15.0 Å². The van der Waals surface area contributed by atoms with Gasteiger partial charge in [-0.3, -0.25) is 4.90 Å². The van der Waals surface area contributed by atoms with Gasteiger partial charge in [-0.05, 0) is 19.9 Å². The number of hydrogen-bond acceptors (Lipinski definition) is 4. The number of β-amino-alcohol motifs (C(OH)–C–C–N with tert-alkyl or cyclic N) is 2. The standard InChI is InChI=1S/C9H17NO3/c1-7(11)3-2-4-10-5-8(12)9(13)6-10/h8-9,12-13H,2-6H2,1H3. The average Bonchev–Trinajstić information content (AvgIpc) is 2.30. The molecule has 1 rings (SSSR count). The van der Waals surface area contributed by atoms with Gasteiger partial charge in [0.2, 0.25) is 0 Å². The predicted octanol–water partition coefficient (Wildman–Crippen LogP) is -0.607. The zero-order valence-electron chi connectivity index (χ0n) is 7.94. The van der Waals surface area contributed by atoms with Gasteiger partial charge in [0.1, 0.15) is 5.78 Å². The Bertz CT molecular complexity index is 174. The molecule has 0 bridgehead atoms. The van der Waals surface area contributed by atoms with Crippen LogP contribution in [0.1, 0.15) is 19.8 Å². The first-order valence-electron chi connectivity index (χ1n) is 4.67. The molecule has 76 valence electrons. The van der Waals surface area contributed by atoms with E-state index < -0.39 is 12.2 Å². The van der Waals surface area contributed by atoms with Crippen LogP contribution in [0.25, 0.3) is 0 Å². The van der Waals surface area contributed by atoms with E-state index in [9.17, 15) is 15.0 Å². The van der Waals surface area contributed by atoms with E-state index >= 15 is 0 Å². The van der Waals surface area contributed by atoms with E-state index in [2.05, 4.69) is 0 Å². The highest BCUT2D eigenvalue weighted by molar-refractivity contribution is 5.75. The molecule has 0 radical (unpaired) electrons. The van der Waals surface area contributed by atoms with Crippen LogP contribution < -0.4 is 0 Å². The normalized spacial score (nSPS) is 29.5. The molecule has 2 N–H and O–H groups in total. The number of Topliss-reactive ketones (excluding diaryl/α,β-unsaturated/α-hetero) is 1. The van der Waals surface area contributed by atoms with Crippen molar-refractivity contribution in [3.63, 3.8) is 0 Å². The van der Waals surface area contributed by atoms with Crippen LogP contribution in [0.2, 0.25) is 0 Å². The Hall–Kier alpha value is -0.450. The first-order valence-corrected chi connectivity index (χ1v) is 4.67. The highest BCUT2D eigenvalue weighted by Gasteiger charge is 2.28. The first kappa shape index (κ1) is 10.6. The van der Waals surface area contributed by atoms with E-state index in [1.54, 1.807) is 6.92 Å². The van der Waals surface area contributed by atoms with Gasteiger partial charge in [0, 0.05) is 19.5 Å². The van der Waals surface area contributed by atoms with Crippen molar-refractivity contribution in [3.05, 3.63) is 0 Å². The molecule has 1 aliphatic heterocycles. The summed E-state index contributed by atoms with van der Waals surface area (Å²) in [7, 11) is 0. The van der Waals surface area contributed by atoms with Gasteiger partial charge in [0.25, 0.3) is 0 Å². The van der Waals surface area contributed by atoms with Crippen molar-refractivity contribution in [1.82, 2.24) is 4.90 Å². The van der Waals surface area contributed by atoms with Gasteiger partial charge in [-0.15, -0.1) is 0 Å². The van der Waals surface area contributed by atoms with Crippen molar-refractivity contribution in [3.8, 4) is 0 Å². The predicted molar refractivity (Wildman–Crippen MR) is 48.4 cm³/mol. The second-order valence-electron chi connectivity index (χ2n) is 3.70. The largest absolute Gasteiger partial charge is 0.389 e. The van der Waals surface area contributed by atoms with Crippen molar-refractivity contribution >= 4 is 5.78 Å². The van der Waals surface area contributed by atoms with Gasteiger partial charge >= 0.3 is 0 Å². The van der Waals surface area contributed by atoms with Crippen molar-refractivity contribution < 1.29 is 15.0 Å². The van der Waals surface area contributed by atoms with Gasteiger partial charge in [-0.1, -0.05) is 0 Å². The number of carbonyl (C=O) groups is 1. The summed E-state index contributed by atoms with van der Waals surface area (Å²) in [6.45, 7) is 3.42. The summed E-state index contributed by atoms with van der Waals surface area (Å²) in [5.74, 6) is 0.195. The highest BCUT2D eigenvalue weighted by atomic mass is 16.3. The molecule has 0 aromatic heterocycles. The Morgan fingerprint density at radius 3 is 2.38 bits per heavy atom. The summed E-state index contributed by atoms with van der Waals surface area (Å²) in [5.41, 5.74) is 0. The van der Waals surface area contributed by atoms with E-state index in [4.69, 9.17) is 0 Å². The number of nitrogens with zero attached hydrogens (tertiary/aromatic N) is 1. The van der Waals surface area contributed by atoms with Crippen LogP contribution in [0.4, 0.5) is 0 Å². The Morgan fingerprint density at radius 1 is 1.38 bits per heavy atom. The second kappa shape index (κ2) is 4.69. The molecule has 0 aliphatic carbocycles. The minimum atomic E-state index is -0.614. The van der Waals surface area contributed by atoms with E-state index in [-0.39, 0.29) is 5.78 Å². The van der Waals surface area contributed by atoms with Crippen LogP contribution in [0.3, 0.4) is 0 Å². The third-order valence-electron chi connectivity index (χ3n) is 2.34. The maximum atomic E-state index is 10.6. The number of ketones is 1. The quantitative estimate of drug-likeness (QED) is 0.616. The lowest BCUT2D eigenvalue weighted by molar-refractivity contribution is -0.117.